The fourth-order valence-corrected chi connectivity index (χ4v) is 3.98. The summed E-state index contributed by atoms with van der Waals surface area (Å²) in [6.45, 7) is 3.12. The number of anilines is 1. The molecule has 0 aliphatic carbocycles. The monoisotopic (exact) mass is 440 g/mol. The molecule has 9 heteroatoms. The van der Waals surface area contributed by atoms with Crippen molar-refractivity contribution in [2.45, 2.75) is 32.1 Å². The molecule has 1 aliphatic heterocycles. The van der Waals surface area contributed by atoms with Crippen LogP contribution in [0.3, 0.4) is 0 Å². The van der Waals surface area contributed by atoms with Gasteiger partial charge in [0.2, 0.25) is 11.9 Å². The van der Waals surface area contributed by atoms with Crippen LogP contribution in [0.15, 0.2) is 35.1 Å². The lowest BCUT2D eigenvalue weighted by atomic mass is 9.89. The second-order valence-corrected chi connectivity index (χ2v) is 8.46. The van der Waals surface area contributed by atoms with Crippen LogP contribution in [-0.4, -0.2) is 58.3 Å². The van der Waals surface area contributed by atoms with E-state index in [4.69, 9.17) is 21.2 Å². The number of piperidine rings is 1. The number of aromatic nitrogens is 4. The molecule has 8 nitrogen and oxygen atoms in total. The largest absolute Gasteiger partial charge is 0.347 e. The number of likely N-dealkylation sites (tertiary alicyclic amines) is 1. The Hall–Kier alpha value is -3.00. The summed E-state index contributed by atoms with van der Waals surface area (Å²) in [5, 5.41) is 8.30. The van der Waals surface area contributed by atoms with Gasteiger partial charge in [0.1, 0.15) is 11.4 Å². The summed E-state index contributed by atoms with van der Waals surface area (Å²) >= 11 is 6.08. The van der Waals surface area contributed by atoms with Crippen molar-refractivity contribution in [3.63, 3.8) is 0 Å². The van der Waals surface area contributed by atoms with E-state index in [1.165, 1.54) is 0 Å². The summed E-state index contributed by atoms with van der Waals surface area (Å²) in [4.78, 5) is 26.1. The minimum Gasteiger partial charge on any atom is -0.347 e. The summed E-state index contributed by atoms with van der Waals surface area (Å²) in [6.07, 6.45) is 3.93. The maximum atomic E-state index is 12.9. The Morgan fingerprint density at radius 3 is 2.71 bits per heavy atom. The van der Waals surface area contributed by atoms with Gasteiger partial charge in [-0.15, -0.1) is 0 Å². The highest BCUT2D eigenvalue weighted by Crippen LogP contribution is 2.34. The highest BCUT2D eigenvalue weighted by molar-refractivity contribution is 6.30. The van der Waals surface area contributed by atoms with Crippen molar-refractivity contribution >= 4 is 23.5 Å². The predicted octanol–water partition coefficient (Wildman–Crippen LogP) is 3.50. The lowest BCUT2D eigenvalue weighted by Crippen LogP contribution is -2.40. The number of carbonyl (C=O) groups excluding carboxylic acids is 1. The van der Waals surface area contributed by atoms with Crippen molar-refractivity contribution < 1.29 is 9.42 Å². The van der Waals surface area contributed by atoms with Crippen molar-refractivity contribution in [1.82, 2.24) is 25.2 Å². The molecule has 1 amide bonds. The van der Waals surface area contributed by atoms with Gasteiger partial charge < -0.3 is 9.80 Å². The number of carbonyl (C=O) groups is 1. The number of rotatable bonds is 5. The van der Waals surface area contributed by atoms with Crippen molar-refractivity contribution in [3.05, 3.63) is 52.6 Å². The standard InChI is InChI=1S/C22H25ClN6O2/c1-14-19(27-31-26-14)11-20(30)29-10-4-5-16(13-29)21-18(12-24-22(25-21)28(2)3)15-6-8-17(23)9-7-15/h6-9,12,16H,4-5,10-11,13H2,1-3H3. The molecule has 0 N–H and O–H groups in total. The van der Waals surface area contributed by atoms with E-state index in [1.807, 2.05) is 54.4 Å². The van der Waals surface area contributed by atoms with Gasteiger partial charge in [0.25, 0.3) is 0 Å². The molecule has 0 bridgehead atoms. The minimum atomic E-state index is 0.0263. The Bertz CT molecular complexity index is 1070. The number of hydrogen-bond acceptors (Lipinski definition) is 7. The first-order chi connectivity index (χ1) is 14.9. The number of benzene rings is 1. The second kappa shape index (κ2) is 9.01. The topological polar surface area (TPSA) is 88.2 Å². The van der Waals surface area contributed by atoms with Crippen LogP contribution in [0.5, 0.6) is 0 Å². The van der Waals surface area contributed by atoms with Gasteiger partial charge in [0, 0.05) is 49.9 Å². The molecular formula is C22H25ClN6O2. The highest BCUT2D eigenvalue weighted by Gasteiger charge is 2.29. The molecule has 1 aliphatic rings. The number of aryl methyl sites for hydroxylation is 1. The second-order valence-electron chi connectivity index (χ2n) is 8.02. The SMILES string of the molecule is Cc1nonc1CC(=O)N1CCCC(c2nc(N(C)C)ncc2-c2ccc(Cl)cc2)C1. The van der Waals surface area contributed by atoms with E-state index in [2.05, 4.69) is 15.3 Å². The summed E-state index contributed by atoms with van der Waals surface area (Å²) in [5.41, 5.74) is 4.18. The Morgan fingerprint density at radius 1 is 1.26 bits per heavy atom. The Labute approximate surface area is 186 Å². The van der Waals surface area contributed by atoms with Gasteiger partial charge in [0.15, 0.2) is 0 Å². The maximum Gasteiger partial charge on any atom is 0.228 e. The zero-order valence-corrected chi connectivity index (χ0v) is 18.6. The first-order valence-electron chi connectivity index (χ1n) is 10.3. The summed E-state index contributed by atoms with van der Waals surface area (Å²) in [7, 11) is 3.85. The molecule has 1 saturated heterocycles. The van der Waals surface area contributed by atoms with E-state index in [1.54, 1.807) is 6.92 Å². The molecule has 0 radical (unpaired) electrons. The number of amides is 1. The molecule has 4 rings (SSSR count). The van der Waals surface area contributed by atoms with Crippen LogP contribution in [0.2, 0.25) is 5.02 Å². The first-order valence-corrected chi connectivity index (χ1v) is 10.7. The summed E-state index contributed by atoms with van der Waals surface area (Å²) in [6, 6.07) is 7.69. The van der Waals surface area contributed by atoms with Crippen LogP contribution in [0.1, 0.15) is 35.8 Å². The quantitative estimate of drug-likeness (QED) is 0.599. The molecule has 0 spiro atoms. The summed E-state index contributed by atoms with van der Waals surface area (Å²) < 4.78 is 4.73. The Kier molecular flexibility index (Phi) is 6.18. The van der Waals surface area contributed by atoms with Gasteiger partial charge in [0.05, 0.1) is 12.1 Å². The van der Waals surface area contributed by atoms with Crippen molar-refractivity contribution in [3.8, 4) is 11.1 Å². The van der Waals surface area contributed by atoms with E-state index in [0.717, 1.165) is 36.2 Å². The van der Waals surface area contributed by atoms with E-state index < -0.39 is 0 Å². The molecule has 3 aromatic rings. The van der Waals surface area contributed by atoms with Gasteiger partial charge in [-0.05, 0) is 37.5 Å². The fourth-order valence-electron chi connectivity index (χ4n) is 3.86. The number of halogens is 1. The molecule has 2 aromatic heterocycles. The molecule has 1 unspecified atom stereocenters. The van der Waals surface area contributed by atoms with Crippen LogP contribution in [0.25, 0.3) is 11.1 Å². The molecule has 1 atom stereocenters. The van der Waals surface area contributed by atoms with Gasteiger partial charge in [-0.1, -0.05) is 34.0 Å². The zero-order valence-electron chi connectivity index (χ0n) is 17.9. The van der Waals surface area contributed by atoms with E-state index in [0.29, 0.717) is 28.9 Å². The average molecular weight is 441 g/mol. The smallest absolute Gasteiger partial charge is 0.228 e. The van der Waals surface area contributed by atoms with E-state index in [9.17, 15) is 4.79 Å². The molecule has 162 valence electrons. The Morgan fingerprint density at radius 2 is 2.03 bits per heavy atom. The molecule has 3 heterocycles. The Balaban J connectivity index is 1.62. The van der Waals surface area contributed by atoms with Crippen LogP contribution in [-0.2, 0) is 11.2 Å². The molecule has 1 fully saturated rings. The summed E-state index contributed by atoms with van der Waals surface area (Å²) in [5.74, 6) is 0.792. The van der Waals surface area contributed by atoms with Crippen LogP contribution in [0.4, 0.5) is 5.95 Å². The third kappa shape index (κ3) is 4.69. The van der Waals surface area contributed by atoms with E-state index >= 15 is 0 Å². The van der Waals surface area contributed by atoms with Crippen LogP contribution >= 0.6 is 11.6 Å². The average Bonchev–Trinajstić information content (AvgIpc) is 3.18. The highest BCUT2D eigenvalue weighted by atomic mass is 35.5. The fraction of sp³-hybridized carbons (Fsp3) is 0.409. The van der Waals surface area contributed by atoms with Crippen molar-refractivity contribution in [2.75, 3.05) is 32.1 Å². The molecule has 0 saturated carbocycles. The van der Waals surface area contributed by atoms with Gasteiger partial charge in [-0.25, -0.2) is 14.6 Å². The molecule has 31 heavy (non-hydrogen) atoms. The van der Waals surface area contributed by atoms with Gasteiger partial charge in [-0.3, -0.25) is 4.79 Å². The van der Waals surface area contributed by atoms with Crippen LogP contribution < -0.4 is 4.90 Å². The van der Waals surface area contributed by atoms with E-state index in [-0.39, 0.29) is 18.2 Å². The lowest BCUT2D eigenvalue weighted by Gasteiger charge is -2.33. The number of hydrogen-bond donors (Lipinski definition) is 0. The zero-order chi connectivity index (χ0) is 22.0. The minimum absolute atomic E-state index is 0.0263. The van der Waals surface area contributed by atoms with Crippen molar-refractivity contribution in [2.24, 2.45) is 0 Å². The van der Waals surface area contributed by atoms with Crippen molar-refractivity contribution in [1.29, 1.82) is 0 Å². The molecule has 1 aromatic carbocycles. The first kappa shape index (κ1) is 21.2. The maximum absolute atomic E-state index is 12.9. The predicted molar refractivity (Wildman–Crippen MR) is 118 cm³/mol. The molecular weight excluding hydrogens is 416 g/mol. The number of nitrogens with zero attached hydrogens (tertiary/aromatic N) is 6. The van der Waals surface area contributed by atoms with Crippen LogP contribution in [0, 0.1) is 6.92 Å². The lowest BCUT2D eigenvalue weighted by molar-refractivity contribution is -0.131. The van der Waals surface area contributed by atoms with Gasteiger partial charge >= 0.3 is 0 Å². The van der Waals surface area contributed by atoms with Gasteiger partial charge in [-0.2, -0.15) is 0 Å². The third-order valence-electron chi connectivity index (χ3n) is 5.59. The normalized spacial score (nSPS) is 16.4. The third-order valence-corrected chi connectivity index (χ3v) is 5.84.